The number of hydrogen-bond acceptors (Lipinski definition) is 4. The maximum absolute atomic E-state index is 12.5. The highest BCUT2D eigenvalue weighted by Gasteiger charge is 2.36. The third-order valence-electron chi connectivity index (χ3n) is 4.44. The lowest BCUT2D eigenvalue weighted by molar-refractivity contribution is -0.121. The molecule has 0 saturated carbocycles. The van der Waals surface area contributed by atoms with Crippen molar-refractivity contribution in [1.82, 2.24) is 15.3 Å². The lowest BCUT2D eigenvalue weighted by Crippen LogP contribution is -2.53. The van der Waals surface area contributed by atoms with Crippen LogP contribution >= 0.6 is 0 Å². The summed E-state index contributed by atoms with van der Waals surface area (Å²) < 4.78 is 0. The van der Waals surface area contributed by atoms with E-state index in [0.717, 1.165) is 36.2 Å². The quantitative estimate of drug-likeness (QED) is 0.915. The third kappa shape index (κ3) is 3.56. The molecule has 5 nitrogen and oxygen atoms in total. The number of anilines is 1. The van der Waals surface area contributed by atoms with Crippen LogP contribution in [0.15, 0.2) is 43.0 Å². The van der Waals surface area contributed by atoms with Crippen LogP contribution in [-0.4, -0.2) is 28.5 Å². The molecule has 0 aliphatic carbocycles. The van der Waals surface area contributed by atoms with Crippen molar-refractivity contribution in [1.29, 1.82) is 0 Å². The van der Waals surface area contributed by atoms with Gasteiger partial charge in [-0.05, 0) is 42.5 Å². The van der Waals surface area contributed by atoms with Gasteiger partial charge >= 0.3 is 0 Å². The van der Waals surface area contributed by atoms with E-state index in [1.54, 1.807) is 12.4 Å². The van der Waals surface area contributed by atoms with Crippen molar-refractivity contribution in [3.8, 4) is 11.1 Å². The SMILES string of the molecule is CC1(C)CCCNC1C(=O)Nc1ccc(-c2cncnc2)cc1. The summed E-state index contributed by atoms with van der Waals surface area (Å²) in [5.41, 5.74) is 2.77. The number of rotatable bonds is 3. The summed E-state index contributed by atoms with van der Waals surface area (Å²) >= 11 is 0. The summed E-state index contributed by atoms with van der Waals surface area (Å²) in [6.45, 7) is 5.18. The summed E-state index contributed by atoms with van der Waals surface area (Å²) in [5.74, 6) is 0.0329. The Morgan fingerprint density at radius 2 is 1.87 bits per heavy atom. The number of hydrogen-bond donors (Lipinski definition) is 2. The molecule has 2 heterocycles. The highest BCUT2D eigenvalue weighted by atomic mass is 16.2. The molecular weight excluding hydrogens is 288 g/mol. The summed E-state index contributed by atoms with van der Waals surface area (Å²) in [4.78, 5) is 20.6. The Balaban J connectivity index is 1.70. The number of nitrogens with one attached hydrogen (secondary N) is 2. The summed E-state index contributed by atoms with van der Waals surface area (Å²) in [6.07, 6.45) is 7.23. The molecule has 0 bridgehead atoms. The van der Waals surface area contributed by atoms with Gasteiger partial charge in [-0.1, -0.05) is 26.0 Å². The molecule has 1 atom stereocenters. The second kappa shape index (κ2) is 6.46. The molecule has 120 valence electrons. The topological polar surface area (TPSA) is 66.9 Å². The van der Waals surface area contributed by atoms with Crippen molar-refractivity contribution >= 4 is 11.6 Å². The molecule has 1 aliphatic heterocycles. The fourth-order valence-electron chi connectivity index (χ4n) is 3.07. The van der Waals surface area contributed by atoms with Crippen LogP contribution in [0.5, 0.6) is 0 Å². The monoisotopic (exact) mass is 310 g/mol. The average Bonchev–Trinajstić information content (AvgIpc) is 2.56. The van der Waals surface area contributed by atoms with E-state index in [4.69, 9.17) is 0 Å². The molecule has 23 heavy (non-hydrogen) atoms. The van der Waals surface area contributed by atoms with E-state index in [9.17, 15) is 4.79 Å². The molecule has 2 N–H and O–H groups in total. The molecule has 1 amide bonds. The number of nitrogens with zero attached hydrogens (tertiary/aromatic N) is 2. The standard InChI is InChI=1S/C18H22N4O/c1-18(2)8-3-9-21-16(18)17(23)22-15-6-4-13(5-7-15)14-10-19-12-20-11-14/h4-7,10-12,16,21H,3,8-9H2,1-2H3,(H,22,23). The Hall–Kier alpha value is -2.27. The zero-order valence-corrected chi connectivity index (χ0v) is 13.5. The van der Waals surface area contributed by atoms with Gasteiger partial charge in [-0.15, -0.1) is 0 Å². The van der Waals surface area contributed by atoms with Gasteiger partial charge in [-0.2, -0.15) is 0 Å². The lowest BCUT2D eigenvalue weighted by Gasteiger charge is -2.38. The van der Waals surface area contributed by atoms with E-state index in [2.05, 4.69) is 34.4 Å². The number of piperidine rings is 1. The number of amides is 1. The zero-order chi connectivity index (χ0) is 16.3. The van der Waals surface area contributed by atoms with Crippen LogP contribution in [0.2, 0.25) is 0 Å². The highest BCUT2D eigenvalue weighted by Crippen LogP contribution is 2.31. The highest BCUT2D eigenvalue weighted by molar-refractivity contribution is 5.95. The molecule has 1 fully saturated rings. The minimum absolute atomic E-state index is 0.0242. The second-order valence-electron chi connectivity index (χ2n) is 6.67. The first kappa shape index (κ1) is 15.6. The van der Waals surface area contributed by atoms with Gasteiger partial charge in [-0.25, -0.2) is 9.97 Å². The van der Waals surface area contributed by atoms with Gasteiger partial charge in [0.1, 0.15) is 6.33 Å². The Morgan fingerprint density at radius 1 is 1.17 bits per heavy atom. The van der Waals surface area contributed by atoms with Crippen molar-refractivity contribution in [2.24, 2.45) is 5.41 Å². The lowest BCUT2D eigenvalue weighted by atomic mass is 9.77. The van der Waals surface area contributed by atoms with E-state index < -0.39 is 0 Å². The number of carbonyl (C=O) groups excluding carboxylic acids is 1. The summed E-state index contributed by atoms with van der Waals surface area (Å²) in [5, 5.41) is 6.35. The first-order valence-corrected chi connectivity index (χ1v) is 7.96. The van der Waals surface area contributed by atoms with Gasteiger partial charge in [0.25, 0.3) is 0 Å². The van der Waals surface area contributed by atoms with Crippen molar-refractivity contribution in [2.75, 3.05) is 11.9 Å². The molecule has 1 saturated heterocycles. The van der Waals surface area contributed by atoms with Crippen molar-refractivity contribution in [3.63, 3.8) is 0 Å². The van der Waals surface area contributed by atoms with E-state index in [0.29, 0.717) is 0 Å². The van der Waals surface area contributed by atoms with E-state index in [-0.39, 0.29) is 17.4 Å². The van der Waals surface area contributed by atoms with Gasteiger partial charge < -0.3 is 10.6 Å². The number of carbonyl (C=O) groups is 1. The Bertz CT molecular complexity index is 667. The minimum Gasteiger partial charge on any atom is -0.325 e. The molecule has 3 rings (SSSR count). The maximum Gasteiger partial charge on any atom is 0.242 e. The molecule has 1 aromatic heterocycles. The van der Waals surface area contributed by atoms with Crippen molar-refractivity contribution < 1.29 is 4.79 Å². The third-order valence-corrected chi connectivity index (χ3v) is 4.44. The Kier molecular flexibility index (Phi) is 4.39. The maximum atomic E-state index is 12.5. The number of benzene rings is 1. The molecular formula is C18H22N4O. The normalized spacial score (nSPS) is 20.0. The smallest absolute Gasteiger partial charge is 0.242 e. The fraction of sp³-hybridized carbons (Fsp3) is 0.389. The molecule has 5 heteroatoms. The van der Waals surface area contributed by atoms with Crippen LogP contribution < -0.4 is 10.6 Å². The summed E-state index contributed by atoms with van der Waals surface area (Å²) in [7, 11) is 0. The van der Waals surface area contributed by atoms with E-state index in [1.807, 2.05) is 24.3 Å². The van der Waals surface area contributed by atoms with E-state index in [1.165, 1.54) is 6.33 Å². The van der Waals surface area contributed by atoms with Crippen LogP contribution in [0, 0.1) is 5.41 Å². The first-order valence-electron chi connectivity index (χ1n) is 7.96. The predicted molar refractivity (Wildman–Crippen MR) is 90.9 cm³/mol. The van der Waals surface area contributed by atoms with Crippen molar-refractivity contribution in [3.05, 3.63) is 43.0 Å². The van der Waals surface area contributed by atoms with Gasteiger partial charge in [0.05, 0.1) is 6.04 Å². The van der Waals surface area contributed by atoms with Gasteiger partial charge in [0.2, 0.25) is 5.91 Å². The van der Waals surface area contributed by atoms with Crippen LogP contribution in [-0.2, 0) is 4.79 Å². The van der Waals surface area contributed by atoms with Gasteiger partial charge in [0.15, 0.2) is 0 Å². The average molecular weight is 310 g/mol. The fourth-order valence-corrected chi connectivity index (χ4v) is 3.07. The molecule has 0 spiro atoms. The molecule has 1 aromatic carbocycles. The molecule has 0 radical (unpaired) electrons. The van der Waals surface area contributed by atoms with Crippen molar-refractivity contribution in [2.45, 2.75) is 32.7 Å². The van der Waals surface area contributed by atoms with Crippen LogP contribution in [0.1, 0.15) is 26.7 Å². The molecule has 2 aromatic rings. The van der Waals surface area contributed by atoms with Gasteiger partial charge in [-0.3, -0.25) is 4.79 Å². The van der Waals surface area contributed by atoms with Crippen LogP contribution in [0.4, 0.5) is 5.69 Å². The first-order chi connectivity index (χ1) is 11.1. The summed E-state index contributed by atoms with van der Waals surface area (Å²) in [6, 6.07) is 7.60. The van der Waals surface area contributed by atoms with Gasteiger partial charge in [0, 0.05) is 23.6 Å². The minimum atomic E-state index is -0.154. The van der Waals surface area contributed by atoms with Crippen LogP contribution in [0.3, 0.4) is 0 Å². The Morgan fingerprint density at radius 3 is 2.52 bits per heavy atom. The molecule has 1 aliphatic rings. The molecule has 1 unspecified atom stereocenters. The Labute approximate surface area is 136 Å². The van der Waals surface area contributed by atoms with E-state index >= 15 is 0 Å². The predicted octanol–water partition coefficient (Wildman–Crippen LogP) is 2.86. The second-order valence-corrected chi connectivity index (χ2v) is 6.67. The zero-order valence-electron chi connectivity index (χ0n) is 13.5. The number of aromatic nitrogens is 2. The largest absolute Gasteiger partial charge is 0.325 e. The van der Waals surface area contributed by atoms with Crippen LogP contribution in [0.25, 0.3) is 11.1 Å².